The number of hydrogen-bond donors (Lipinski definition) is 1. The molecule has 164 valence electrons. The van der Waals surface area contributed by atoms with Gasteiger partial charge in [0.25, 0.3) is 5.91 Å². The molecule has 6 nitrogen and oxygen atoms in total. The summed E-state index contributed by atoms with van der Waals surface area (Å²) in [5.74, 6) is -0.604. The number of nitrogens with zero attached hydrogens (tertiary/aromatic N) is 1. The summed E-state index contributed by atoms with van der Waals surface area (Å²) >= 11 is 4.93. The third kappa shape index (κ3) is 3.98. The van der Waals surface area contributed by atoms with E-state index in [-0.39, 0.29) is 30.3 Å². The molecule has 1 aromatic heterocycles. The fourth-order valence-electron chi connectivity index (χ4n) is 4.49. The molecule has 2 aliphatic rings. The number of benzene rings is 2. The number of rotatable bonds is 5. The summed E-state index contributed by atoms with van der Waals surface area (Å²) in [4.78, 5) is 40.7. The quantitative estimate of drug-likeness (QED) is 0.566. The van der Waals surface area contributed by atoms with Crippen LogP contribution >= 0.6 is 27.3 Å². The van der Waals surface area contributed by atoms with Crippen LogP contribution in [0.4, 0.5) is 0 Å². The van der Waals surface area contributed by atoms with Gasteiger partial charge in [0.15, 0.2) is 5.78 Å². The molecule has 2 aliphatic heterocycles. The van der Waals surface area contributed by atoms with Gasteiger partial charge in [-0.3, -0.25) is 14.4 Å². The maximum atomic E-state index is 13.6. The van der Waals surface area contributed by atoms with Crippen LogP contribution in [0, 0.1) is 0 Å². The van der Waals surface area contributed by atoms with Crippen molar-refractivity contribution < 1.29 is 19.1 Å². The number of hydrogen-bond acceptors (Lipinski definition) is 5. The summed E-state index contributed by atoms with van der Waals surface area (Å²) < 4.78 is 7.49. The Balaban J connectivity index is 1.42. The van der Waals surface area contributed by atoms with Crippen molar-refractivity contribution in [2.24, 2.45) is 0 Å². The molecule has 1 N–H and O–H groups in total. The average molecular weight is 513 g/mol. The normalized spacial score (nSPS) is 21.0. The minimum Gasteiger partial charge on any atom is -0.368 e. The lowest BCUT2D eigenvalue weighted by Gasteiger charge is -2.27. The summed E-state index contributed by atoms with van der Waals surface area (Å²) in [6.07, 6.45) is 0.732. The Kier molecular flexibility index (Phi) is 5.84. The Morgan fingerprint density at radius 2 is 1.97 bits per heavy atom. The molecule has 0 spiro atoms. The molecule has 2 amide bonds. The Morgan fingerprint density at radius 1 is 1.19 bits per heavy atom. The largest absolute Gasteiger partial charge is 0.368 e. The van der Waals surface area contributed by atoms with Gasteiger partial charge in [0.1, 0.15) is 18.7 Å². The minimum atomic E-state index is -0.783. The molecule has 8 heteroatoms. The van der Waals surface area contributed by atoms with Crippen LogP contribution in [0.2, 0.25) is 0 Å². The molecule has 5 rings (SSSR count). The van der Waals surface area contributed by atoms with E-state index in [4.69, 9.17) is 4.74 Å². The van der Waals surface area contributed by atoms with Gasteiger partial charge in [-0.2, -0.15) is 0 Å². The number of nitrogens with one attached hydrogen (secondary N) is 1. The van der Waals surface area contributed by atoms with Crippen LogP contribution in [0.25, 0.3) is 10.1 Å². The lowest BCUT2D eigenvalue weighted by Crippen LogP contribution is -2.53. The van der Waals surface area contributed by atoms with E-state index in [2.05, 4.69) is 21.2 Å². The first kappa shape index (κ1) is 21.3. The second-order valence-corrected chi connectivity index (χ2v) is 9.91. The SMILES string of the molecule is O=C(NC(Cc1ccc(Br)cc1)C(=O)N1CCC2OCC(=O)C21)c1csc2ccccc12. The monoisotopic (exact) mass is 512 g/mol. The molecule has 2 saturated heterocycles. The van der Waals surface area contributed by atoms with E-state index >= 15 is 0 Å². The van der Waals surface area contributed by atoms with Gasteiger partial charge in [0.2, 0.25) is 5.91 Å². The highest BCUT2D eigenvalue weighted by Crippen LogP contribution is 2.29. The maximum Gasteiger partial charge on any atom is 0.253 e. The van der Waals surface area contributed by atoms with Gasteiger partial charge in [-0.1, -0.05) is 46.3 Å². The summed E-state index contributed by atoms with van der Waals surface area (Å²) in [5, 5.41) is 5.65. The molecule has 0 aliphatic carbocycles. The summed E-state index contributed by atoms with van der Waals surface area (Å²) in [7, 11) is 0. The number of thiophene rings is 1. The summed E-state index contributed by atoms with van der Waals surface area (Å²) in [6.45, 7) is 0.498. The number of ether oxygens (including phenoxy) is 1. The van der Waals surface area contributed by atoms with E-state index in [1.807, 2.05) is 53.9 Å². The standard InChI is InChI=1S/C24H21BrN2O4S/c25-15-7-5-14(6-8-15)11-18(24(30)27-10-9-20-22(27)19(28)12-31-20)26-23(29)17-13-32-21-4-2-1-3-16(17)21/h1-8,13,18,20,22H,9-12H2,(H,26,29). The highest BCUT2D eigenvalue weighted by Gasteiger charge is 2.48. The van der Waals surface area contributed by atoms with Crippen LogP contribution in [0.3, 0.4) is 0 Å². The molecule has 3 heterocycles. The van der Waals surface area contributed by atoms with Gasteiger partial charge in [-0.25, -0.2) is 0 Å². The van der Waals surface area contributed by atoms with Gasteiger partial charge in [0.05, 0.1) is 11.7 Å². The third-order valence-corrected chi connectivity index (χ3v) is 7.57. The number of ketones is 1. The van der Waals surface area contributed by atoms with Crippen LogP contribution in [0.1, 0.15) is 22.3 Å². The van der Waals surface area contributed by atoms with Crippen molar-refractivity contribution in [3.8, 4) is 0 Å². The Bertz CT molecular complexity index is 1190. The predicted octanol–water partition coefficient (Wildman–Crippen LogP) is 3.57. The molecule has 0 saturated carbocycles. The number of halogens is 1. The molecule has 0 radical (unpaired) electrons. The van der Waals surface area contributed by atoms with E-state index in [1.54, 1.807) is 4.90 Å². The smallest absolute Gasteiger partial charge is 0.253 e. The molecule has 0 bridgehead atoms. The van der Waals surface area contributed by atoms with Crippen LogP contribution < -0.4 is 5.32 Å². The molecule has 2 fully saturated rings. The first-order valence-corrected chi connectivity index (χ1v) is 12.1. The zero-order chi connectivity index (χ0) is 22.2. The summed E-state index contributed by atoms with van der Waals surface area (Å²) in [5.41, 5.74) is 1.48. The Morgan fingerprint density at radius 3 is 2.78 bits per heavy atom. The van der Waals surface area contributed by atoms with E-state index in [1.165, 1.54) is 11.3 Å². The number of carbonyl (C=O) groups excluding carboxylic acids is 3. The van der Waals surface area contributed by atoms with Crippen molar-refractivity contribution in [3.63, 3.8) is 0 Å². The molecule has 3 atom stereocenters. The topological polar surface area (TPSA) is 75.7 Å². The number of carbonyl (C=O) groups is 3. The fourth-order valence-corrected chi connectivity index (χ4v) is 5.69. The Labute approximate surface area is 197 Å². The second kappa shape index (κ2) is 8.77. The molecule has 2 aromatic carbocycles. The van der Waals surface area contributed by atoms with Gasteiger partial charge < -0.3 is 15.0 Å². The van der Waals surface area contributed by atoms with Crippen molar-refractivity contribution in [1.29, 1.82) is 0 Å². The lowest BCUT2D eigenvalue weighted by molar-refractivity contribution is -0.138. The third-order valence-electron chi connectivity index (χ3n) is 6.08. The van der Waals surface area contributed by atoms with Crippen LogP contribution in [-0.2, 0) is 20.7 Å². The number of amides is 2. The lowest BCUT2D eigenvalue weighted by atomic mass is 10.0. The van der Waals surface area contributed by atoms with Crippen molar-refractivity contribution in [3.05, 3.63) is 69.5 Å². The van der Waals surface area contributed by atoms with Crippen molar-refractivity contribution in [2.75, 3.05) is 13.2 Å². The van der Waals surface area contributed by atoms with Crippen molar-refractivity contribution >= 4 is 55.0 Å². The molecule has 32 heavy (non-hydrogen) atoms. The van der Waals surface area contributed by atoms with Gasteiger partial charge >= 0.3 is 0 Å². The average Bonchev–Trinajstić information content (AvgIpc) is 3.50. The molecular weight excluding hydrogens is 492 g/mol. The number of Topliss-reactive ketones (excluding diaryl/α,β-unsaturated/α-hetero) is 1. The molecule has 3 aromatic rings. The number of likely N-dealkylation sites (tertiary alicyclic amines) is 1. The zero-order valence-corrected chi connectivity index (χ0v) is 19.5. The van der Waals surface area contributed by atoms with Crippen molar-refractivity contribution in [2.45, 2.75) is 31.0 Å². The summed E-state index contributed by atoms with van der Waals surface area (Å²) in [6, 6.07) is 14.0. The molecule has 3 unspecified atom stereocenters. The first-order chi connectivity index (χ1) is 15.5. The van der Waals surface area contributed by atoms with Crippen LogP contribution in [0.15, 0.2) is 58.4 Å². The minimum absolute atomic E-state index is 0.0454. The first-order valence-electron chi connectivity index (χ1n) is 10.5. The Hall–Kier alpha value is -2.55. The second-order valence-electron chi connectivity index (χ2n) is 8.08. The zero-order valence-electron chi connectivity index (χ0n) is 17.1. The van der Waals surface area contributed by atoms with Crippen LogP contribution in [-0.4, -0.2) is 53.8 Å². The van der Waals surface area contributed by atoms with Crippen LogP contribution in [0.5, 0.6) is 0 Å². The maximum absolute atomic E-state index is 13.6. The van der Waals surface area contributed by atoms with E-state index in [0.717, 1.165) is 20.1 Å². The fraction of sp³-hybridized carbons (Fsp3) is 0.292. The van der Waals surface area contributed by atoms with E-state index in [9.17, 15) is 14.4 Å². The van der Waals surface area contributed by atoms with E-state index in [0.29, 0.717) is 24.9 Å². The number of fused-ring (bicyclic) bond motifs is 2. The van der Waals surface area contributed by atoms with Crippen molar-refractivity contribution in [1.82, 2.24) is 10.2 Å². The predicted molar refractivity (Wildman–Crippen MR) is 126 cm³/mol. The molecular formula is C24H21BrN2O4S. The highest BCUT2D eigenvalue weighted by atomic mass is 79.9. The van der Waals surface area contributed by atoms with E-state index < -0.39 is 12.1 Å². The highest BCUT2D eigenvalue weighted by molar-refractivity contribution is 9.10. The van der Waals surface area contributed by atoms with Gasteiger partial charge in [0, 0.05) is 32.9 Å². The van der Waals surface area contributed by atoms with Gasteiger partial charge in [-0.05, 0) is 30.2 Å². The van der Waals surface area contributed by atoms with Gasteiger partial charge in [-0.15, -0.1) is 11.3 Å².